The number of aryl methyl sites for hydroxylation is 1. The lowest BCUT2D eigenvalue weighted by molar-refractivity contribution is -0.132. The Hall–Kier alpha value is -3.87. The molecule has 0 spiro atoms. The molecule has 3 fully saturated rings. The molecule has 38 heavy (non-hydrogen) atoms. The van der Waals surface area contributed by atoms with Crippen LogP contribution in [0.4, 0.5) is 5.82 Å². The first-order valence-electron chi connectivity index (χ1n) is 13.1. The zero-order valence-corrected chi connectivity index (χ0v) is 21.5. The van der Waals surface area contributed by atoms with Crippen LogP contribution in [0.15, 0.2) is 43.2 Å². The van der Waals surface area contributed by atoms with Crippen molar-refractivity contribution in [1.29, 1.82) is 0 Å². The number of hydrogen-bond donors (Lipinski definition) is 2. The summed E-state index contributed by atoms with van der Waals surface area (Å²) < 4.78 is 7.91. The van der Waals surface area contributed by atoms with Gasteiger partial charge in [0.2, 0.25) is 5.91 Å². The molecule has 1 aliphatic carbocycles. The van der Waals surface area contributed by atoms with Crippen LogP contribution in [0.1, 0.15) is 25.0 Å². The molecule has 6 rings (SSSR count). The van der Waals surface area contributed by atoms with Crippen LogP contribution < -0.4 is 10.5 Å². The number of nitrogens with zero attached hydrogens (tertiary/aromatic N) is 5. The van der Waals surface area contributed by atoms with E-state index in [1.165, 1.54) is 12.4 Å². The Balaban J connectivity index is 1.22. The Bertz CT molecular complexity index is 1440. The number of rotatable bonds is 5. The SMILES string of the molecule is C=CC(=O)N1CC[C@@H](N2CC(C#Cc3c(-c4ccc(OC5CC5)cc4)c4c(N)ncnc4n3C)C2)[C@@H](O)C1. The minimum absolute atomic E-state index is 0.0431. The number of hydrogen-bond acceptors (Lipinski definition) is 7. The first kappa shape index (κ1) is 24.5. The Kier molecular flexibility index (Phi) is 6.30. The first-order chi connectivity index (χ1) is 18.4. The number of likely N-dealkylation sites (tertiary alicyclic amines) is 2. The number of ether oxygens (including phenoxy) is 1. The van der Waals surface area contributed by atoms with Crippen molar-refractivity contribution in [2.75, 3.05) is 31.9 Å². The van der Waals surface area contributed by atoms with E-state index in [-0.39, 0.29) is 17.9 Å². The second-order valence-corrected chi connectivity index (χ2v) is 10.4. The molecule has 9 heteroatoms. The maximum Gasteiger partial charge on any atom is 0.246 e. The molecule has 1 aromatic carbocycles. The van der Waals surface area contributed by atoms with Crippen molar-refractivity contribution >= 4 is 22.8 Å². The summed E-state index contributed by atoms with van der Waals surface area (Å²) in [6.07, 6.45) is 5.53. The van der Waals surface area contributed by atoms with Gasteiger partial charge in [-0.15, -0.1) is 0 Å². The molecule has 3 aromatic rings. The van der Waals surface area contributed by atoms with Gasteiger partial charge in [0.15, 0.2) is 0 Å². The molecule has 3 aliphatic rings. The molecule has 9 nitrogen and oxygen atoms in total. The van der Waals surface area contributed by atoms with Gasteiger partial charge in [-0.3, -0.25) is 9.69 Å². The van der Waals surface area contributed by atoms with Crippen molar-refractivity contribution in [3.8, 4) is 28.7 Å². The molecule has 2 aliphatic heterocycles. The highest BCUT2D eigenvalue weighted by molar-refractivity contribution is 6.03. The van der Waals surface area contributed by atoms with E-state index < -0.39 is 6.10 Å². The third-order valence-corrected chi connectivity index (χ3v) is 7.77. The van der Waals surface area contributed by atoms with E-state index in [0.29, 0.717) is 25.0 Å². The van der Waals surface area contributed by atoms with Crippen LogP contribution in [0.3, 0.4) is 0 Å². The van der Waals surface area contributed by atoms with Gasteiger partial charge in [-0.2, -0.15) is 0 Å². The number of anilines is 1. The number of piperidine rings is 1. The van der Waals surface area contributed by atoms with Gasteiger partial charge in [0, 0.05) is 50.7 Å². The monoisotopic (exact) mass is 512 g/mol. The number of fused-ring (bicyclic) bond motifs is 1. The minimum atomic E-state index is -0.570. The fourth-order valence-corrected chi connectivity index (χ4v) is 5.50. The van der Waals surface area contributed by atoms with Crippen molar-refractivity contribution in [1.82, 2.24) is 24.3 Å². The Morgan fingerprint density at radius 2 is 1.95 bits per heavy atom. The van der Waals surface area contributed by atoms with Gasteiger partial charge in [-0.25, -0.2) is 9.97 Å². The molecule has 2 atom stereocenters. The van der Waals surface area contributed by atoms with Crippen LogP contribution in [-0.2, 0) is 11.8 Å². The Labute approximate surface area is 221 Å². The summed E-state index contributed by atoms with van der Waals surface area (Å²) in [5.41, 5.74) is 9.83. The maximum absolute atomic E-state index is 11.9. The van der Waals surface area contributed by atoms with Gasteiger partial charge in [0.05, 0.1) is 17.6 Å². The molecule has 196 valence electrons. The largest absolute Gasteiger partial charge is 0.490 e. The number of amides is 1. The van der Waals surface area contributed by atoms with Gasteiger partial charge in [0.25, 0.3) is 0 Å². The smallest absolute Gasteiger partial charge is 0.246 e. The number of aliphatic hydroxyl groups is 1. The van der Waals surface area contributed by atoms with Crippen LogP contribution in [0.25, 0.3) is 22.2 Å². The molecule has 1 amide bonds. The minimum Gasteiger partial charge on any atom is -0.490 e. The fraction of sp³-hybridized carbons (Fsp3) is 0.414. The zero-order chi connectivity index (χ0) is 26.4. The number of nitrogen functional groups attached to an aromatic ring is 1. The highest BCUT2D eigenvalue weighted by Crippen LogP contribution is 2.37. The van der Waals surface area contributed by atoms with Crippen LogP contribution >= 0.6 is 0 Å². The number of β-amino-alcohol motifs (C(OH)–C–C–N with tert-alkyl or cyclic N) is 1. The van der Waals surface area contributed by atoms with Crippen LogP contribution in [-0.4, -0.2) is 79.8 Å². The van der Waals surface area contributed by atoms with Crippen molar-refractivity contribution in [2.24, 2.45) is 13.0 Å². The molecule has 0 radical (unpaired) electrons. The molecular weight excluding hydrogens is 480 g/mol. The summed E-state index contributed by atoms with van der Waals surface area (Å²) in [5.74, 6) is 8.23. The number of aromatic nitrogens is 3. The van der Waals surface area contributed by atoms with E-state index in [9.17, 15) is 9.90 Å². The summed E-state index contributed by atoms with van der Waals surface area (Å²) >= 11 is 0. The van der Waals surface area contributed by atoms with E-state index in [1.807, 2.05) is 35.9 Å². The summed E-state index contributed by atoms with van der Waals surface area (Å²) in [6.45, 7) is 6.10. The Morgan fingerprint density at radius 1 is 1.18 bits per heavy atom. The Morgan fingerprint density at radius 3 is 2.63 bits per heavy atom. The number of carbonyl (C=O) groups is 1. The molecule has 0 bridgehead atoms. The van der Waals surface area contributed by atoms with Gasteiger partial charge in [-0.05, 0) is 49.0 Å². The maximum atomic E-state index is 11.9. The molecule has 4 heterocycles. The zero-order valence-electron chi connectivity index (χ0n) is 21.5. The lowest BCUT2D eigenvalue weighted by Gasteiger charge is -2.47. The summed E-state index contributed by atoms with van der Waals surface area (Å²) in [6, 6.07) is 8.11. The molecule has 0 unspecified atom stereocenters. The van der Waals surface area contributed by atoms with Crippen molar-refractivity contribution < 1.29 is 14.6 Å². The third kappa shape index (κ3) is 4.51. The topological polar surface area (TPSA) is 110 Å². The van der Waals surface area contributed by atoms with E-state index in [2.05, 4.69) is 33.3 Å². The predicted molar refractivity (Wildman–Crippen MR) is 145 cm³/mol. The van der Waals surface area contributed by atoms with Gasteiger partial charge in [-0.1, -0.05) is 24.6 Å². The second-order valence-electron chi connectivity index (χ2n) is 10.4. The standard InChI is InChI=1S/C29H32N6O3/c1-3-25(37)34-13-12-22(24(36)16-34)35-14-18(15-35)4-11-23-26(27-28(30)31-17-32-29(27)33(23)2)19-5-7-20(8-6-19)38-21-9-10-21/h3,5-8,17-18,21-22,24,36H,1,9-10,12-16H2,2H3,(H2,30,31,32)/t22-,24+/m1/s1. The van der Waals surface area contributed by atoms with Crippen LogP contribution in [0, 0.1) is 17.8 Å². The highest BCUT2D eigenvalue weighted by Gasteiger charge is 2.38. The number of benzene rings is 1. The molecule has 3 N–H and O–H groups in total. The summed E-state index contributed by atoms with van der Waals surface area (Å²) in [4.78, 5) is 24.6. The quantitative estimate of drug-likeness (QED) is 0.398. The lowest BCUT2D eigenvalue weighted by atomic mass is 9.91. The summed E-state index contributed by atoms with van der Waals surface area (Å²) in [5, 5.41) is 11.4. The molecule has 2 aromatic heterocycles. The second kappa shape index (κ2) is 9.78. The van der Waals surface area contributed by atoms with Crippen molar-refractivity contribution in [3.05, 3.63) is 48.9 Å². The first-order valence-corrected chi connectivity index (χ1v) is 13.1. The average molecular weight is 513 g/mol. The van der Waals surface area contributed by atoms with Gasteiger partial charge < -0.3 is 25.0 Å². The van der Waals surface area contributed by atoms with Crippen molar-refractivity contribution in [2.45, 2.75) is 37.5 Å². The normalized spacial score (nSPS) is 22.0. The van der Waals surface area contributed by atoms with Crippen molar-refractivity contribution in [3.63, 3.8) is 0 Å². The van der Waals surface area contributed by atoms with Gasteiger partial charge >= 0.3 is 0 Å². The van der Waals surface area contributed by atoms with E-state index in [0.717, 1.165) is 66.0 Å². The number of nitrogens with two attached hydrogens (primary N) is 1. The number of carbonyl (C=O) groups excluding carboxylic acids is 1. The third-order valence-electron chi connectivity index (χ3n) is 7.77. The van der Waals surface area contributed by atoms with Crippen LogP contribution in [0.2, 0.25) is 0 Å². The molecule has 1 saturated carbocycles. The van der Waals surface area contributed by atoms with Crippen LogP contribution in [0.5, 0.6) is 5.75 Å². The fourth-order valence-electron chi connectivity index (χ4n) is 5.50. The molecular formula is C29H32N6O3. The predicted octanol–water partition coefficient (Wildman–Crippen LogP) is 2.19. The average Bonchev–Trinajstić information content (AvgIpc) is 3.67. The van der Waals surface area contributed by atoms with E-state index >= 15 is 0 Å². The van der Waals surface area contributed by atoms with E-state index in [1.54, 1.807) is 4.90 Å². The lowest BCUT2D eigenvalue weighted by Crippen LogP contribution is -2.61. The summed E-state index contributed by atoms with van der Waals surface area (Å²) in [7, 11) is 1.95. The van der Waals surface area contributed by atoms with E-state index in [4.69, 9.17) is 10.5 Å². The number of aliphatic hydroxyl groups excluding tert-OH is 1. The van der Waals surface area contributed by atoms with Gasteiger partial charge in [0.1, 0.15) is 29.2 Å². The molecule has 2 saturated heterocycles. The highest BCUT2D eigenvalue weighted by atomic mass is 16.5.